The lowest BCUT2D eigenvalue weighted by Gasteiger charge is -2.38. The molecule has 1 aliphatic rings. The Kier molecular flexibility index (Phi) is 6.49. The van der Waals surface area contributed by atoms with Crippen molar-refractivity contribution in [1.29, 1.82) is 0 Å². The molecular formula is C17H20O8. The predicted octanol–water partition coefficient (Wildman–Crippen LogP) is 1.08. The van der Waals surface area contributed by atoms with Crippen molar-refractivity contribution >= 4 is 17.9 Å². The zero-order chi connectivity index (χ0) is 18.4. The molecule has 8 heteroatoms. The van der Waals surface area contributed by atoms with Crippen LogP contribution < -0.4 is 0 Å². The van der Waals surface area contributed by atoms with E-state index in [2.05, 4.69) is 4.74 Å². The first-order chi connectivity index (χ1) is 12.0. The van der Waals surface area contributed by atoms with Crippen molar-refractivity contribution in [3.8, 4) is 0 Å². The molecule has 0 aromatic heterocycles. The minimum absolute atomic E-state index is 0.0247. The van der Waals surface area contributed by atoms with Crippen LogP contribution >= 0.6 is 0 Å². The highest BCUT2D eigenvalue weighted by molar-refractivity contribution is 5.89. The van der Waals surface area contributed by atoms with Crippen LogP contribution in [0.3, 0.4) is 0 Å². The van der Waals surface area contributed by atoms with E-state index in [-0.39, 0.29) is 6.42 Å². The molecule has 0 N–H and O–H groups in total. The quantitative estimate of drug-likeness (QED) is 0.574. The summed E-state index contributed by atoms with van der Waals surface area (Å²) in [6.45, 7) is 1.22. The third-order valence-corrected chi connectivity index (χ3v) is 3.65. The van der Waals surface area contributed by atoms with Crippen molar-refractivity contribution < 1.29 is 38.1 Å². The van der Waals surface area contributed by atoms with Crippen LogP contribution in [0.25, 0.3) is 0 Å². The molecule has 1 saturated heterocycles. The largest absolute Gasteiger partial charge is 0.467 e. The number of carbonyl (C=O) groups excluding carboxylic acids is 3. The van der Waals surface area contributed by atoms with Crippen LogP contribution in [0.5, 0.6) is 0 Å². The maximum atomic E-state index is 12.3. The Morgan fingerprint density at radius 1 is 1.08 bits per heavy atom. The van der Waals surface area contributed by atoms with Crippen molar-refractivity contribution in [1.82, 2.24) is 0 Å². The Hall–Kier alpha value is -2.45. The Morgan fingerprint density at radius 3 is 2.32 bits per heavy atom. The van der Waals surface area contributed by atoms with Crippen LogP contribution in [0.2, 0.25) is 0 Å². The summed E-state index contributed by atoms with van der Waals surface area (Å²) < 4.78 is 25.9. The normalized spacial score (nSPS) is 25.7. The minimum atomic E-state index is -1.07. The number of rotatable bonds is 5. The van der Waals surface area contributed by atoms with E-state index >= 15 is 0 Å². The maximum absolute atomic E-state index is 12.3. The fraction of sp³-hybridized carbons (Fsp3) is 0.471. The van der Waals surface area contributed by atoms with Gasteiger partial charge in [-0.1, -0.05) is 18.2 Å². The van der Waals surface area contributed by atoms with Crippen LogP contribution in [-0.2, 0) is 33.3 Å². The number of hydrogen-bond donors (Lipinski definition) is 0. The molecule has 0 saturated carbocycles. The van der Waals surface area contributed by atoms with E-state index in [9.17, 15) is 14.4 Å². The summed E-state index contributed by atoms with van der Waals surface area (Å²) in [6.07, 6.45) is -4.04. The molecule has 136 valence electrons. The Bertz CT molecular complexity index is 614. The van der Waals surface area contributed by atoms with Gasteiger partial charge in [-0.25, -0.2) is 9.59 Å². The summed E-state index contributed by atoms with van der Waals surface area (Å²) in [6, 6.07) is 8.34. The first-order valence-electron chi connectivity index (χ1n) is 7.65. The van der Waals surface area contributed by atoms with Crippen LogP contribution in [0.1, 0.15) is 23.7 Å². The molecule has 0 amide bonds. The van der Waals surface area contributed by atoms with Crippen molar-refractivity contribution in [2.75, 3.05) is 14.2 Å². The van der Waals surface area contributed by atoms with Crippen molar-refractivity contribution in [3.05, 3.63) is 35.9 Å². The number of hydrogen-bond acceptors (Lipinski definition) is 8. The van der Waals surface area contributed by atoms with Gasteiger partial charge in [0, 0.05) is 20.5 Å². The third-order valence-electron chi connectivity index (χ3n) is 3.65. The van der Waals surface area contributed by atoms with Gasteiger partial charge in [0.1, 0.15) is 6.10 Å². The van der Waals surface area contributed by atoms with E-state index in [4.69, 9.17) is 18.9 Å². The first-order valence-corrected chi connectivity index (χ1v) is 7.65. The molecule has 2 rings (SSSR count). The van der Waals surface area contributed by atoms with Crippen molar-refractivity contribution in [2.24, 2.45) is 0 Å². The van der Waals surface area contributed by atoms with Gasteiger partial charge in [-0.05, 0) is 12.1 Å². The first kappa shape index (κ1) is 18.9. The van der Waals surface area contributed by atoms with Crippen LogP contribution in [0.15, 0.2) is 30.3 Å². The second-order valence-electron chi connectivity index (χ2n) is 5.37. The number of carbonyl (C=O) groups is 3. The minimum Gasteiger partial charge on any atom is -0.467 e. The lowest BCUT2D eigenvalue weighted by atomic mass is 10.0. The van der Waals surface area contributed by atoms with Gasteiger partial charge in [-0.15, -0.1) is 0 Å². The van der Waals surface area contributed by atoms with E-state index in [1.165, 1.54) is 21.1 Å². The summed E-state index contributed by atoms with van der Waals surface area (Å²) in [5, 5.41) is 0. The molecule has 8 nitrogen and oxygen atoms in total. The number of benzene rings is 1. The summed E-state index contributed by atoms with van der Waals surface area (Å²) in [5.41, 5.74) is 0.333. The second-order valence-corrected chi connectivity index (χ2v) is 5.37. The monoisotopic (exact) mass is 352 g/mol. The molecular weight excluding hydrogens is 332 g/mol. The van der Waals surface area contributed by atoms with E-state index < -0.39 is 42.5 Å². The van der Waals surface area contributed by atoms with Gasteiger partial charge in [-0.3, -0.25) is 4.79 Å². The van der Waals surface area contributed by atoms with Gasteiger partial charge >= 0.3 is 17.9 Å². The van der Waals surface area contributed by atoms with E-state index in [1.54, 1.807) is 30.3 Å². The zero-order valence-corrected chi connectivity index (χ0v) is 14.2. The van der Waals surface area contributed by atoms with Crippen LogP contribution in [0, 0.1) is 0 Å². The molecule has 1 aromatic carbocycles. The predicted molar refractivity (Wildman–Crippen MR) is 83.5 cm³/mol. The van der Waals surface area contributed by atoms with Crippen LogP contribution in [0.4, 0.5) is 0 Å². The summed E-state index contributed by atoms with van der Waals surface area (Å²) >= 11 is 0. The molecule has 4 atom stereocenters. The molecule has 1 aromatic rings. The number of methoxy groups -OCH3 is 2. The van der Waals surface area contributed by atoms with Gasteiger partial charge in [0.05, 0.1) is 12.7 Å². The molecule has 0 unspecified atom stereocenters. The Labute approximate surface area is 144 Å². The summed E-state index contributed by atoms with van der Waals surface area (Å²) in [4.78, 5) is 35.5. The number of ether oxygens (including phenoxy) is 5. The fourth-order valence-corrected chi connectivity index (χ4v) is 2.51. The molecule has 0 spiro atoms. The van der Waals surface area contributed by atoms with Gasteiger partial charge in [-0.2, -0.15) is 0 Å². The zero-order valence-electron chi connectivity index (χ0n) is 14.2. The Balaban J connectivity index is 2.21. The molecule has 1 heterocycles. The highest BCUT2D eigenvalue weighted by atomic mass is 16.7. The van der Waals surface area contributed by atoms with Gasteiger partial charge in [0.15, 0.2) is 18.5 Å². The lowest BCUT2D eigenvalue weighted by Crippen LogP contribution is -2.54. The molecule has 0 bridgehead atoms. The average molecular weight is 352 g/mol. The molecule has 1 aliphatic heterocycles. The van der Waals surface area contributed by atoms with Gasteiger partial charge < -0.3 is 23.7 Å². The smallest absolute Gasteiger partial charge is 0.338 e. The third kappa shape index (κ3) is 4.77. The standard InChI is InChI=1S/C17H20O8/c1-10(18)23-14-12(24-15(19)11-7-5-4-6-8-11)9-13(16(20)21-2)25-17(14)22-3/h4-8,12-14,17H,9H2,1-3H3/t12-,13-,14+,17+/m0/s1. The number of esters is 3. The van der Waals surface area contributed by atoms with Crippen LogP contribution in [-0.4, -0.2) is 56.7 Å². The van der Waals surface area contributed by atoms with E-state index in [0.717, 1.165) is 0 Å². The SMILES string of the molecule is COC(=O)[C@@H]1C[C@H](OC(=O)c2ccccc2)[C@@H](OC(C)=O)[C@H](OC)O1. The maximum Gasteiger partial charge on any atom is 0.338 e. The van der Waals surface area contributed by atoms with E-state index in [0.29, 0.717) is 5.56 Å². The highest BCUT2D eigenvalue weighted by Gasteiger charge is 2.46. The molecule has 0 radical (unpaired) electrons. The fourth-order valence-electron chi connectivity index (χ4n) is 2.51. The topological polar surface area (TPSA) is 97.4 Å². The lowest BCUT2D eigenvalue weighted by molar-refractivity contribution is -0.264. The highest BCUT2D eigenvalue weighted by Crippen LogP contribution is 2.27. The van der Waals surface area contributed by atoms with E-state index in [1.807, 2.05) is 0 Å². The summed E-state index contributed by atoms with van der Waals surface area (Å²) in [5.74, 6) is -1.83. The van der Waals surface area contributed by atoms with Gasteiger partial charge in [0.2, 0.25) is 0 Å². The summed E-state index contributed by atoms with van der Waals surface area (Å²) in [7, 11) is 2.55. The average Bonchev–Trinajstić information content (AvgIpc) is 2.62. The molecule has 1 fully saturated rings. The van der Waals surface area contributed by atoms with Gasteiger partial charge in [0.25, 0.3) is 0 Å². The van der Waals surface area contributed by atoms with Crippen molar-refractivity contribution in [2.45, 2.75) is 37.9 Å². The van der Waals surface area contributed by atoms with Crippen molar-refractivity contribution in [3.63, 3.8) is 0 Å². The molecule has 0 aliphatic carbocycles. The second kappa shape index (κ2) is 8.59. The Morgan fingerprint density at radius 2 is 1.76 bits per heavy atom. The molecule has 25 heavy (non-hydrogen) atoms.